The Hall–Kier alpha value is -3.44. The van der Waals surface area contributed by atoms with Gasteiger partial charge in [-0.25, -0.2) is 4.39 Å². The second-order valence-electron chi connectivity index (χ2n) is 9.59. The largest absolute Gasteiger partial charge is 0.435 e. The topological polar surface area (TPSA) is 75.7 Å². The lowest BCUT2D eigenvalue weighted by Crippen LogP contribution is -2.32. The van der Waals surface area contributed by atoms with Gasteiger partial charge in [0.2, 0.25) is 0 Å². The first-order chi connectivity index (χ1) is 18.5. The summed E-state index contributed by atoms with van der Waals surface area (Å²) in [5.41, 5.74) is 0.106. The molecule has 1 amide bonds. The quantitative estimate of drug-likeness (QED) is 0.244. The molecule has 1 fully saturated rings. The first-order valence-corrected chi connectivity index (χ1v) is 13.5. The predicted octanol–water partition coefficient (Wildman–Crippen LogP) is 6.23. The van der Waals surface area contributed by atoms with Gasteiger partial charge in [-0.3, -0.25) is 14.9 Å². The number of benzene rings is 2. The fraction of sp³-hybridized carbons (Fsp3) is 0.296. The van der Waals surface area contributed by atoms with Crippen LogP contribution in [-0.2, 0) is 24.7 Å². The minimum atomic E-state index is -4.68. The number of hydrogen-bond donors (Lipinski definition) is 2. The van der Waals surface area contributed by atoms with Gasteiger partial charge in [-0.15, -0.1) is 11.3 Å². The number of rotatable bonds is 8. The summed E-state index contributed by atoms with van der Waals surface area (Å²) in [5, 5.41) is 16.4. The minimum absolute atomic E-state index is 0.0203. The van der Waals surface area contributed by atoms with Crippen molar-refractivity contribution in [2.45, 2.75) is 44.4 Å². The highest BCUT2D eigenvalue weighted by Crippen LogP contribution is 2.48. The molecule has 0 radical (unpaired) electrons. The summed E-state index contributed by atoms with van der Waals surface area (Å²) in [6.07, 6.45) is -0.141. The van der Waals surface area contributed by atoms with E-state index in [1.807, 2.05) is 0 Å². The van der Waals surface area contributed by atoms with E-state index < -0.39 is 29.0 Å². The van der Waals surface area contributed by atoms with Crippen LogP contribution in [0.15, 0.2) is 54.2 Å². The van der Waals surface area contributed by atoms with Crippen molar-refractivity contribution in [3.05, 3.63) is 92.2 Å². The minimum Gasteiger partial charge on any atom is -0.351 e. The summed E-state index contributed by atoms with van der Waals surface area (Å²) in [7, 11) is 0. The van der Waals surface area contributed by atoms with E-state index in [0.29, 0.717) is 5.56 Å². The first kappa shape index (κ1) is 27.1. The molecule has 1 aliphatic rings. The average molecular weight is 578 g/mol. The Morgan fingerprint density at radius 1 is 1.23 bits per heavy atom. The number of thiazole rings is 1. The van der Waals surface area contributed by atoms with Crippen molar-refractivity contribution in [3.63, 3.8) is 0 Å². The number of alkyl halides is 3. The summed E-state index contributed by atoms with van der Waals surface area (Å²) in [6, 6.07) is 9.23. The second-order valence-corrected chi connectivity index (χ2v) is 10.9. The maximum absolute atomic E-state index is 14.1. The van der Waals surface area contributed by atoms with E-state index in [4.69, 9.17) is 17.0 Å². The molecule has 0 unspecified atom stereocenters. The maximum atomic E-state index is 14.1. The Kier molecular flexibility index (Phi) is 7.15. The van der Waals surface area contributed by atoms with E-state index in [-0.39, 0.29) is 46.1 Å². The van der Waals surface area contributed by atoms with Crippen LogP contribution in [0.25, 0.3) is 11.1 Å². The molecule has 0 aliphatic heterocycles. The predicted molar refractivity (Wildman–Crippen MR) is 140 cm³/mol. The van der Waals surface area contributed by atoms with Crippen LogP contribution >= 0.6 is 22.9 Å². The van der Waals surface area contributed by atoms with Crippen LogP contribution in [0.2, 0.25) is 5.02 Å². The smallest absolute Gasteiger partial charge is 0.351 e. The highest BCUT2D eigenvalue weighted by atomic mass is 35.5. The summed E-state index contributed by atoms with van der Waals surface area (Å²) >= 11 is 7.03. The van der Waals surface area contributed by atoms with Crippen molar-refractivity contribution in [2.75, 3.05) is 6.54 Å². The van der Waals surface area contributed by atoms with Gasteiger partial charge in [-0.05, 0) is 66.8 Å². The van der Waals surface area contributed by atoms with Crippen LogP contribution in [0, 0.1) is 11.2 Å². The summed E-state index contributed by atoms with van der Waals surface area (Å²) in [4.78, 5) is 13.6. The number of carbonyl (C=O) groups is 1. The summed E-state index contributed by atoms with van der Waals surface area (Å²) in [6.45, 7) is 2.38. The van der Waals surface area contributed by atoms with Crippen molar-refractivity contribution >= 4 is 28.8 Å². The molecule has 1 aliphatic carbocycles. The molecule has 2 heterocycles. The van der Waals surface area contributed by atoms with E-state index >= 15 is 0 Å². The number of hydrogen-bond acceptors (Lipinski definition) is 4. The summed E-state index contributed by atoms with van der Waals surface area (Å²) in [5.74, 6) is -0.992. The monoisotopic (exact) mass is 577 g/mol. The lowest BCUT2D eigenvalue weighted by Gasteiger charge is -2.18. The maximum Gasteiger partial charge on any atom is 0.435 e. The molecule has 6 nitrogen and oxygen atoms in total. The van der Waals surface area contributed by atoms with Gasteiger partial charge in [-0.1, -0.05) is 17.7 Å². The van der Waals surface area contributed by atoms with Crippen molar-refractivity contribution in [2.24, 2.45) is 0 Å². The summed E-state index contributed by atoms with van der Waals surface area (Å²) < 4.78 is 58.5. The molecule has 0 bridgehead atoms. The molecular weight excluding hydrogens is 554 g/mol. The van der Waals surface area contributed by atoms with Crippen LogP contribution in [0.1, 0.15) is 46.9 Å². The third-order valence-corrected chi connectivity index (χ3v) is 7.95. The number of amides is 1. The molecule has 0 atom stereocenters. The number of nitrogens with zero attached hydrogens (tertiary/aromatic N) is 3. The Morgan fingerprint density at radius 2 is 2.00 bits per heavy atom. The van der Waals surface area contributed by atoms with Crippen molar-refractivity contribution < 1.29 is 22.4 Å². The van der Waals surface area contributed by atoms with E-state index in [1.54, 1.807) is 41.3 Å². The number of nitrogens with one attached hydrogen (secondary N) is 2. The van der Waals surface area contributed by atoms with Crippen LogP contribution in [0.3, 0.4) is 0 Å². The SMILES string of the molecule is CCn1cc(-c2cc(Cn3ccsc3=N)cc(C(=O)NCC3(c4ccc(Cl)c(F)c4)CC3)c2)c(C(F)(F)F)n1. The van der Waals surface area contributed by atoms with Gasteiger partial charge < -0.3 is 9.88 Å². The standard InChI is InChI=1S/C27H24ClF4N5OS/c1-2-37-14-20(23(35-37)27(30,31)32)17-9-16(13-36-7-8-39-25(36)33)10-18(11-17)24(38)34-15-26(5-6-26)19-3-4-21(28)22(29)12-19/h3-4,7-12,14,33H,2,5-6,13,15H2,1H3,(H,34,38). The number of aromatic nitrogens is 3. The molecule has 4 aromatic rings. The van der Waals surface area contributed by atoms with Crippen LogP contribution < -0.4 is 10.1 Å². The molecule has 204 valence electrons. The number of carbonyl (C=O) groups excluding carboxylic acids is 1. The Morgan fingerprint density at radius 3 is 2.62 bits per heavy atom. The van der Waals surface area contributed by atoms with E-state index in [2.05, 4.69) is 10.4 Å². The van der Waals surface area contributed by atoms with Gasteiger partial charge >= 0.3 is 6.18 Å². The second kappa shape index (κ2) is 10.3. The van der Waals surface area contributed by atoms with Gasteiger partial charge in [0.1, 0.15) is 5.82 Å². The molecule has 2 aromatic heterocycles. The molecule has 12 heteroatoms. The Bertz CT molecular complexity index is 1600. The van der Waals surface area contributed by atoms with Crippen molar-refractivity contribution in [1.29, 1.82) is 5.41 Å². The third-order valence-electron chi connectivity index (χ3n) is 6.93. The van der Waals surface area contributed by atoms with Crippen molar-refractivity contribution in [3.8, 4) is 11.1 Å². The molecule has 2 aromatic carbocycles. The van der Waals surface area contributed by atoms with Crippen LogP contribution in [0.4, 0.5) is 17.6 Å². The van der Waals surface area contributed by atoms with E-state index in [9.17, 15) is 22.4 Å². The first-order valence-electron chi connectivity index (χ1n) is 12.2. The number of halogens is 5. The van der Waals surface area contributed by atoms with Gasteiger partial charge in [0.15, 0.2) is 10.5 Å². The Labute approximate surface area is 230 Å². The van der Waals surface area contributed by atoms with Crippen LogP contribution in [-0.4, -0.2) is 26.8 Å². The van der Waals surface area contributed by atoms with E-state index in [1.165, 1.54) is 40.4 Å². The Balaban J connectivity index is 1.49. The number of aryl methyl sites for hydroxylation is 1. The molecular formula is C27H24ClF4N5OS. The highest BCUT2D eigenvalue weighted by molar-refractivity contribution is 7.06. The van der Waals surface area contributed by atoms with Gasteiger partial charge in [0.25, 0.3) is 5.91 Å². The van der Waals surface area contributed by atoms with Crippen molar-refractivity contribution in [1.82, 2.24) is 19.7 Å². The lowest BCUT2D eigenvalue weighted by molar-refractivity contribution is -0.141. The molecule has 1 saturated carbocycles. The zero-order chi connectivity index (χ0) is 27.9. The van der Waals surface area contributed by atoms with E-state index in [0.717, 1.165) is 18.4 Å². The molecule has 5 rings (SSSR count). The molecule has 2 N–H and O–H groups in total. The van der Waals surface area contributed by atoms with Gasteiger partial charge in [0, 0.05) is 53.9 Å². The molecule has 39 heavy (non-hydrogen) atoms. The van der Waals surface area contributed by atoms with Crippen LogP contribution in [0.5, 0.6) is 0 Å². The average Bonchev–Trinajstić information content (AvgIpc) is 3.37. The fourth-order valence-corrected chi connectivity index (χ4v) is 5.31. The molecule has 0 spiro atoms. The fourth-order valence-electron chi connectivity index (χ4n) is 4.59. The third kappa shape index (κ3) is 5.65. The zero-order valence-electron chi connectivity index (χ0n) is 20.8. The normalized spacial score (nSPS) is 14.4. The molecule has 0 saturated heterocycles. The van der Waals surface area contributed by atoms with Gasteiger partial charge in [0.05, 0.1) is 5.02 Å². The van der Waals surface area contributed by atoms with Gasteiger partial charge in [-0.2, -0.15) is 18.3 Å². The lowest BCUT2D eigenvalue weighted by atomic mass is 9.95. The highest BCUT2D eigenvalue weighted by Gasteiger charge is 2.44. The zero-order valence-corrected chi connectivity index (χ0v) is 22.4.